The van der Waals surface area contributed by atoms with Gasteiger partial charge in [-0.05, 0) is 17.7 Å². The molecule has 0 aromatic heterocycles. The second-order valence-electron chi connectivity index (χ2n) is 2.42. The topological polar surface area (TPSA) is 69.1 Å². The average molecular weight is 229 g/mol. The van der Waals surface area contributed by atoms with Crippen molar-refractivity contribution in [1.29, 1.82) is 0 Å². The monoisotopic (exact) mass is 228 g/mol. The Balaban J connectivity index is 3.17. The normalized spacial score (nSPS) is 9.75. The molecular weight excluding hydrogens is 220 g/mol. The van der Waals surface area contributed by atoms with Gasteiger partial charge in [0.25, 0.3) is 5.91 Å². The van der Waals surface area contributed by atoms with Crippen LogP contribution in [0.15, 0.2) is 18.2 Å². The van der Waals surface area contributed by atoms with E-state index in [0.717, 1.165) is 5.56 Å². The number of hydrogen-bond acceptors (Lipinski definition) is 2. The van der Waals surface area contributed by atoms with Crippen LogP contribution < -0.4 is 11.5 Å². The molecule has 1 amide bonds. The minimum atomic E-state index is -0.490. The lowest BCUT2D eigenvalue weighted by Gasteiger charge is -2.02. The predicted molar refractivity (Wildman–Crippen MR) is 52.0 cm³/mol. The van der Waals surface area contributed by atoms with E-state index in [4.69, 9.17) is 11.5 Å². The molecule has 4 heteroatoms. The van der Waals surface area contributed by atoms with Crippen molar-refractivity contribution in [3.05, 3.63) is 29.3 Å². The number of hydrogen-bond donors (Lipinski definition) is 2. The van der Waals surface area contributed by atoms with Crippen molar-refractivity contribution in [2.75, 3.05) is 5.73 Å². The van der Waals surface area contributed by atoms with Crippen LogP contribution in [0.2, 0.25) is 0 Å². The Bertz CT molecular complexity index is 312. The molecule has 0 heterocycles. The molecule has 1 aromatic rings. The molecule has 4 N–H and O–H groups in total. The summed E-state index contributed by atoms with van der Waals surface area (Å²) >= 11 is 3.27. The zero-order valence-electron chi connectivity index (χ0n) is 6.38. The molecule has 64 valence electrons. The average Bonchev–Trinajstić information content (AvgIpc) is 2.05. The van der Waals surface area contributed by atoms with Gasteiger partial charge in [0, 0.05) is 11.0 Å². The van der Waals surface area contributed by atoms with E-state index in [1.165, 1.54) is 0 Å². The van der Waals surface area contributed by atoms with Crippen LogP contribution in [0.4, 0.5) is 5.69 Å². The number of primary amides is 1. The SMILES string of the molecule is NC(=O)c1cc(CBr)ccc1N. The second-order valence-corrected chi connectivity index (χ2v) is 2.98. The number of carbonyl (C=O) groups is 1. The van der Waals surface area contributed by atoms with Gasteiger partial charge < -0.3 is 11.5 Å². The molecule has 1 rings (SSSR count). The molecule has 0 saturated heterocycles. The smallest absolute Gasteiger partial charge is 0.250 e. The third-order valence-electron chi connectivity index (χ3n) is 1.54. The van der Waals surface area contributed by atoms with Gasteiger partial charge in [-0.25, -0.2) is 0 Å². The largest absolute Gasteiger partial charge is 0.398 e. The first-order valence-corrected chi connectivity index (χ1v) is 4.51. The van der Waals surface area contributed by atoms with Crippen LogP contribution in [0.5, 0.6) is 0 Å². The van der Waals surface area contributed by atoms with Gasteiger partial charge in [0.1, 0.15) is 0 Å². The summed E-state index contributed by atoms with van der Waals surface area (Å²) in [4.78, 5) is 10.8. The summed E-state index contributed by atoms with van der Waals surface area (Å²) in [5, 5.41) is 0.688. The number of amides is 1. The van der Waals surface area contributed by atoms with Crippen LogP contribution in [0.1, 0.15) is 15.9 Å². The molecule has 0 bridgehead atoms. The van der Waals surface area contributed by atoms with Crippen LogP contribution in [-0.2, 0) is 5.33 Å². The summed E-state index contributed by atoms with van der Waals surface area (Å²) in [6, 6.07) is 5.21. The number of benzene rings is 1. The summed E-state index contributed by atoms with van der Waals surface area (Å²) in [7, 11) is 0. The van der Waals surface area contributed by atoms with Crippen molar-refractivity contribution in [1.82, 2.24) is 0 Å². The van der Waals surface area contributed by atoms with E-state index in [1.807, 2.05) is 6.07 Å². The van der Waals surface area contributed by atoms with Crippen molar-refractivity contribution in [3.8, 4) is 0 Å². The molecule has 0 radical (unpaired) electrons. The fraction of sp³-hybridized carbons (Fsp3) is 0.125. The van der Waals surface area contributed by atoms with Crippen molar-refractivity contribution in [3.63, 3.8) is 0 Å². The maximum Gasteiger partial charge on any atom is 0.250 e. The molecule has 12 heavy (non-hydrogen) atoms. The van der Waals surface area contributed by atoms with Gasteiger partial charge in [-0.15, -0.1) is 0 Å². The first-order chi connectivity index (χ1) is 5.65. The predicted octanol–water partition coefficient (Wildman–Crippen LogP) is 1.26. The summed E-state index contributed by atoms with van der Waals surface area (Å²) in [6.45, 7) is 0. The quantitative estimate of drug-likeness (QED) is 0.592. The molecular formula is C8H9BrN2O. The summed E-state index contributed by atoms with van der Waals surface area (Å²) in [5.74, 6) is -0.490. The molecule has 0 fully saturated rings. The zero-order chi connectivity index (χ0) is 9.14. The van der Waals surface area contributed by atoms with Crippen molar-refractivity contribution in [2.24, 2.45) is 5.73 Å². The van der Waals surface area contributed by atoms with Crippen LogP contribution in [0, 0.1) is 0 Å². The Hall–Kier alpha value is -1.03. The van der Waals surface area contributed by atoms with Crippen LogP contribution in [-0.4, -0.2) is 5.91 Å². The first-order valence-electron chi connectivity index (χ1n) is 3.39. The molecule has 3 nitrogen and oxygen atoms in total. The number of rotatable bonds is 2. The Morgan fingerprint density at radius 1 is 1.50 bits per heavy atom. The van der Waals surface area contributed by atoms with E-state index in [0.29, 0.717) is 16.6 Å². The van der Waals surface area contributed by atoms with E-state index in [1.54, 1.807) is 12.1 Å². The lowest BCUT2D eigenvalue weighted by atomic mass is 10.1. The van der Waals surface area contributed by atoms with Gasteiger partial charge in [0.05, 0.1) is 5.56 Å². The lowest BCUT2D eigenvalue weighted by molar-refractivity contribution is 0.100. The summed E-state index contributed by atoms with van der Waals surface area (Å²) in [5.41, 5.74) is 12.4. The zero-order valence-corrected chi connectivity index (χ0v) is 7.97. The minimum Gasteiger partial charge on any atom is -0.398 e. The first kappa shape index (κ1) is 9.06. The van der Waals surface area contributed by atoms with Crippen LogP contribution in [0.25, 0.3) is 0 Å². The third-order valence-corrected chi connectivity index (χ3v) is 2.18. The minimum absolute atomic E-state index is 0.381. The molecule has 0 aliphatic heterocycles. The Morgan fingerprint density at radius 3 is 2.67 bits per heavy atom. The number of anilines is 1. The fourth-order valence-corrected chi connectivity index (χ4v) is 1.25. The van der Waals surface area contributed by atoms with Crippen LogP contribution >= 0.6 is 15.9 Å². The highest BCUT2D eigenvalue weighted by Crippen LogP contribution is 2.15. The van der Waals surface area contributed by atoms with Gasteiger partial charge in [-0.2, -0.15) is 0 Å². The summed E-state index contributed by atoms with van der Waals surface area (Å²) < 4.78 is 0. The van der Waals surface area contributed by atoms with E-state index in [2.05, 4.69) is 15.9 Å². The van der Waals surface area contributed by atoms with Gasteiger partial charge >= 0.3 is 0 Å². The fourth-order valence-electron chi connectivity index (χ4n) is 0.900. The van der Waals surface area contributed by atoms with Crippen LogP contribution in [0.3, 0.4) is 0 Å². The second kappa shape index (κ2) is 3.58. The molecule has 0 unspecified atom stereocenters. The van der Waals surface area contributed by atoms with Gasteiger partial charge in [-0.1, -0.05) is 22.0 Å². The molecule has 0 saturated carbocycles. The van der Waals surface area contributed by atoms with Gasteiger partial charge in [0.2, 0.25) is 0 Å². The molecule has 0 aliphatic carbocycles. The Labute approximate surface area is 78.9 Å². The highest BCUT2D eigenvalue weighted by atomic mass is 79.9. The number of carbonyl (C=O) groups excluding carboxylic acids is 1. The van der Waals surface area contributed by atoms with E-state index < -0.39 is 5.91 Å². The molecule has 0 spiro atoms. The molecule has 0 atom stereocenters. The summed E-state index contributed by atoms with van der Waals surface area (Å²) in [6.07, 6.45) is 0. The number of alkyl halides is 1. The van der Waals surface area contributed by atoms with E-state index >= 15 is 0 Å². The maximum absolute atomic E-state index is 10.8. The third kappa shape index (κ3) is 1.76. The Kier molecular flexibility index (Phi) is 2.70. The van der Waals surface area contributed by atoms with E-state index in [-0.39, 0.29) is 0 Å². The number of nitrogen functional groups attached to an aromatic ring is 1. The molecule has 1 aromatic carbocycles. The van der Waals surface area contributed by atoms with E-state index in [9.17, 15) is 4.79 Å². The standard InChI is InChI=1S/C8H9BrN2O/c9-4-5-1-2-7(10)6(3-5)8(11)12/h1-3H,4,10H2,(H2,11,12). The Morgan fingerprint density at radius 2 is 2.17 bits per heavy atom. The number of halogens is 1. The highest BCUT2D eigenvalue weighted by molar-refractivity contribution is 9.08. The highest BCUT2D eigenvalue weighted by Gasteiger charge is 2.05. The molecule has 0 aliphatic rings. The van der Waals surface area contributed by atoms with Gasteiger partial charge in [0.15, 0.2) is 0 Å². The van der Waals surface area contributed by atoms with Crippen molar-refractivity contribution >= 4 is 27.5 Å². The maximum atomic E-state index is 10.8. The van der Waals surface area contributed by atoms with Crippen molar-refractivity contribution in [2.45, 2.75) is 5.33 Å². The number of nitrogens with two attached hydrogens (primary N) is 2. The lowest BCUT2D eigenvalue weighted by Crippen LogP contribution is -2.13. The van der Waals surface area contributed by atoms with Gasteiger partial charge in [-0.3, -0.25) is 4.79 Å². The van der Waals surface area contributed by atoms with Crippen molar-refractivity contribution < 1.29 is 4.79 Å².